The third-order valence-corrected chi connectivity index (χ3v) is 3.08. The number of hydrogen-bond acceptors (Lipinski definition) is 0. The van der Waals surface area contributed by atoms with Gasteiger partial charge in [-0.15, -0.1) is 12.8 Å². The van der Waals surface area contributed by atoms with Gasteiger partial charge < -0.3 is 0 Å². The lowest BCUT2D eigenvalue weighted by Gasteiger charge is -2.23. The molecule has 2 unspecified atom stereocenters. The molecular formula is C17H40. The largest absolute Gasteiger partial charge is 0.124 e. The second-order valence-corrected chi connectivity index (χ2v) is 3.63. The zero-order valence-corrected chi connectivity index (χ0v) is 13.2. The van der Waals surface area contributed by atoms with Crippen molar-refractivity contribution in [1.29, 1.82) is 0 Å². The lowest BCUT2D eigenvalue weighted by molar-refractivity contribution is 0.267. The average molecular weight is 247 g/mol. The molecule has 0 heterocycles. The molecular weight excluding hydrogens is 204 g/mol. The van der Waals surface area contributed by atoms with Crippen molar-refractivity contribution in [3.05, 3.63) is 0 Å². The Morgan fingerprint density at radius 1 is 0.882 bits per heavy atom. The van der Waals surface area contributed by atoms with Gasteiger partial charge in [-0.1, -0.05) is 82.6 Å². The molecule has 0 fully saturated rings. The molecule has 108 valence electrons. The van der Waals surface area contributed by atoms with Crippen molar-refractivity contribution in [2.45, 2.75) is 82.6 Å². The van der Waals surface area contributed by atoms with Gasteiger partial charge in [-0.2, -0.15) is 0 Å². The SMILES string of the molecule is C.CC.CC.CCC(C)C(C)C(C)CC.[3H]C#C. The fraction of sp³-hybridized carbons (Fsp3) is 0.882. The van der Waals surface area contributed by atoms with Gasteiger partial charge in [0.1, 0.15) is 1.37 Å². The van der Waals surface area contributed by atoms with Gasteiger partial charge >= 0.3 is 0 Å². The smallest absolute Gasteiger partial charge is 0.124 e. The molecule has 0 N–H and O–H groups in total. The van der Waals surface area contributed by atoms with E-state index in [1.807, 2.05) is 27.7 Å². The van der Waals surface area contributed by atoms with Crippen LogP contribution in [0.1, 0.15) is 84.0 Å². The highest BCUT2D eigenvalue weighted by Gasteiger charge is 2.15. The molecule has 0 aromatic carbocycles. The van der Waals surface area contributed by atoms with E-state index < -0.39 is 0 Å². The Morgan fingerprint density at radius 3 is 1.18 bits per heavy atom. The molecule has 0 saturated carbocycles. The van der Waals surface area contributed by atoms with Crippen molar-refractivity contribution in [3.8, 4) is 12.8 Å². The van der Waals surface area contributed by atoms with Crippen LogP contribution in [0.2, 0.25) is 0 Å². The van der Waals surface area contributed by atoms with Crippen LogP contribution in [0.25, 0.3) is 0 Å². The Kier molecular flexibility index (Phi) is 44.2. The molecule has 17 heavy (non-hydrogen) atoms. The van der Waals surface area contributed by atoms with Crippen molar-refractivity contribution in [1.82, 2.24) is 0 Å². The molecule has 0 aliphatic carbocycles. The maximum absolute atomic E-state index is 5.74. The Balaban J connectivity index is -0.0000000599. The van der Waals surface area contributed by atoms with Crippen LogP contribution in [0.4, 0.5) is 0 Å². The van der Waals surface area contributed by atoms with E-state index in [1.165, 1.54) is 19.2 Å². The summed E-state index contributed by atoms with van der Waals surface area (Å²) in [6.07, 6.45) is 8.41. The fourth-order valence-corrected chi connectivity index (χ4v) is 1.30. The summed E-state index contributed by atoms with van der Waals surface area (Å²) >= 11 is 0. The summed E-state index contributed by atoms with van der Waals surface area (Å²) in [4.78, 5) is 0. The summed E-state index contributed by atoms with van der Waals surface area (Å²) in [6.45, 7) is 19.7. The van der Waals surface area contributed by atoms with Crippen molar-refractivity contribution < 1.29 is 1.37 Å². The molecule has 2 atom stereocenters. The minimum Gasteiger partial charge on any atom is -0.124 e. The van der Waals surface area contributed by atoms with Gasteiger partial charge in [0.05, 0.1) is 0 Å². The Hall–Kier alpha value is -0.440. The van der Waals surface area contributed by atoms with Crippen LogP contribution in [0, 0.1) is 30.6 Å². The van der Waals surface area contributed by atoms with Crippen LogP contribution in [-0.2, 0) is 0 Å². The molecule has 0 nitrogen and oxygen atoms in total. The summed E-state index contributed by atoms with van der Waals surface area (Å²) in [6, 6.07) is 0. The number of hydrogen-bond donors (Lipinski definition) is 0. The molecule has 0 spiro atoms. The van der Waals surface area contributed by atoms with E-state index in [0.717, 1.165) is 17.8 Å². The molecule has 0 rings (SSSR count). The van der Waals surface area contributed by atoms with Crippen LogP contribution in [0.3, 0.4) is 0 Å². The third kappa shape index (κ3) is 21.4. The molecule has 0 amide bonds. The Morgan fingerprint density at radius 2 is 1.06 bits per heavy atom. The fourth-order valence-electron chi connectivity index (χ4n) is 1.30. The molecule has 0 aromatic rings. The Bertz CT molecular complexity index is 125. The average Bonchev–Trinajstić information content (AvgIpc) is 2.41. The highest BCUT2D eigenvalue weighted by molar-refractivity contribution is 4.65. The zero-order valence-electron chi connectivity index (χ0n) is 14.2. The first kappa shape index (κ1) is 25.4. The Labute approximate surface area is 115 Å². The summed E-state index contributed by atoms with van der Waals surface area (Å²) in [5.41, 5.74) is 0. The monoisotopic (exact) mass is 246 g/mol. The first-order valence-electron chi connectivity index (χ1n) is 7.42. The minimum atomic E-state index is 0. The van der Waals surface area contributed by atoms with Gasteiger partial charge in [0, 0.05) is 0 Å². The van der Waals surface area contributed by atoms with E-state index in [4.69, 9.17) is 1.37 Å². The lowest BCUT2D eigenvalue weighted by Crippen LogP contribution is -2.14. The van der Waals surface area contributed by atoms with Gasteiger partial charge in [-0.25, -0.2) is 0 Å². The minimum absolute atomic E-state index is 0. The second-order valence-electron chi connectivity index (χ2n) is 3.63. The predicted octanol–water partition coefficient (Wildman–Crippen LogP) is 6.65. The molecule has 0 aliphatic heterocycles. The van der Waals surface area contributed by atoms with E-state index >= 15 is 0 Å². The van der Waals surface area contributed by atoms with Gasteiger partial charge in [-0.05, 0) is 17.8 Å². The predicted molar refractivity (Wildman–Crippen MR) is 87.4 cm³/mol. The standard InChI is InChI=1S/C10H22.2C2H6.C2H2.CH4/c1-6-8(3)10(5)9(4)7-2;3*1-2;/h8-10H,6-7H2,1-5H3;2*1-2H3;1-2H;1H4/i;;;1T;. The summed E-state index contributed by atoms with van der Waals surface area (Å²) < 4.78 is 5.74. The van der Waals surface area contributed by atoms with Gasteiger partial charge in [0.25, 0.3) is 0 Å². The van der Waals surface area contributed by atoms with E-state index in [0.29, 0.717) is 0 Å². The van der Waals surface area contributed by atoms with Crippen LogP contribution < -0.4 is 0 Å². The zero-order chi connectivity index (χ0) is 14.9. The van der Waals surface area contributed by atoms with Gasteiger partial charge in [0.2, 0.25) is 0 Å². The first-order chi connectivity index (χ1) is 8.04. The summed E-state index contributed by atoms with van der Waals surface area (Å²) in [7, 11) is 0. The molecule has 0 radical (unpaired) electrons. The molecule has 0 bridgehead atoms. The molecule has 0 aromatic heterocycles. The summed E-state index contributed by atoms with van der Waals surface area (Å²) in [5, 5.41) is 0. The highest BCUT2D eigenvalue weighted by Crippen LogP contribution is 2.24. The normalized spacial score (nSPS) is 13.1. The quantitative estimate of drug-likeness (QED) is 0.487. The van der Waals surface area contributed by atoms with Crippen LogP contribution in [-0.4, -0.2) is 0 Å². The topological polar surface area (TPSA) is 0 Å². The maximum Gasteiger partial charge on any atom is 0.124 e. The molecule has 0 saturated heterocycles. The van der Waals surface area contributed by atoms with E-state index in [9.17, 15) is 0 Å². The van der Waals surface area contributed by atoms with Crippen molar-refractivity contribution in [2.75, 3.05) is 0 Å². The number of terminal acetylenes is 1. The second kappa shape index (κ2) is 29.6. The van der Waals surface area contributed by atoms with E-state index in [1.54, 1.807) is 0 Å². The van der Waals surface area contributed by atoms with Gasteiger partial charge in [0.15, 0.2) is 0 Å². The highest BCUT2D eigenvalue weighted by atomic mass is 14.2. The van der Waals surface area contributed by atoms with E-state index in [-0.39, 0.29) is 7.43 Å². The first-order valence-corrected chi connectivity index (χ1v) is 6.92. The number of rotatable bonds is 4. The van der Waals surface area contributed by atoms with Crippen molar-refractivity contribution in [3.63, 3.8) is 0 Å². The van der Waals surface area contributed by atoms with Crippen LogP contribution in [0.15, 0.2) is 0 Å². The van der Waals surface area contributed by atoms with Crippen LogP contribution >= 0.6 is 0 Å². The lowest BCUT2D eigenvalue weighted by atomic mass is 9.82. The van der Waals surface area contributed by atoms with Gasteiger partial charge in [-0.3, -0.25) is 0 Å². The summed E-state index contributed by atoms with van der Waals surface area (Å²) in [5.74, 6) is 2.69. The van der Waals surface area contributed by atoms with E-state index in [2.05, 4.69) is 41.0 Å². The van der Waals surface area contributed by atoms with Crippen LogP contribution in [0.5, 0.6) is 0 Å². The molecule has 0 aliphatic rings. The molecule has 0 heteroatoms. The van der Waals surface area contributed by atoms with Crippen molar-refractivity contribution in [2.24, 2.45) is 17.8 Å². The third-order valence-electron chi connectivity index (χ3n) is 3.08. The maximum atomic E-state index is 5.74. The van der Waals surface area contributed by atoms with Crippen molar-refractivity contribution >= 4 is 0 Å².